The summed E-state index contributed by atoms with van der Waals surface area (Å²) in [6.45, 7) is 5.41. The van der Waals surface area contributed by atoms with Crippen molar-refractivity contribution >= 4 is 32.8 Å². The summed E-state index contributed by atoms with van der Waals surface area (Å²) in [5, 5.41) is 9.64. The van der Waals surface area contributed by atoms with E-state index in [0.717, 1.165) is 17.0 Å². The van der Waals surface area contributed by atoms with Crippen LogP contribution in [0.2, 0.25) is 0 Å². The Morgan fingerprint density at radius 2 is 1.83 bits per heavy atom. The second kappa shape index (κ2) is 8.29. The Kier molecular flexibility index (Phi) is 5.72. The van der Waals surface area contributed by atoms with Crippen molar-refractivity contribution in [2.45, 2.75) is 24.5 Å². The molecule has 0 unspecified atom stereocenters. The average Bonchev–Trinajstić information content (AvgIpc) is 3.43. The molecule has 1 saturated heterocycles. The molecule has 0 atom stereocenters. The van der Waals surface area contributed by atoms with Crippen LogP contribution in [0.5, 0.6) is 0 Å². The van der Waals surface area contributed by atoms with Gasteiger partial charge >= 0.3 is 0 Å². The lowest BCUT2D eigenvalue weighted by Gasteiger charge is -2.35. The number of hydrogen-bond acceptors (Lipinski definition) is 8. The van der Waals surface area contributed by atoms with Gasteiger partial charge in [0.1, 0.15) is 4.21 Å². The molecule has 158 valence electrons. The van der Waals surface area contributed by atoms with E-state index in [4.69, 9.17) is 4.42 Å². The molecule has 0 N–H and O–H groups in total. The van der Waals surface area contributed by atoms with Gasteiger partial charge in [0, 0.05) is 49.2 Å². The first-order chi connectivity index (χ1) is 14.4. The number of anilines is 1. The second-order valence-electron chi connectivity index (χ2n) is 7.00. The molecule has 0 spiro atoms. The molecule has 3 heterocycles. The van der Waals surface area contributed by atoms with Crippen molar-refractivity contribution in [2.24, 2.45) is 0 Å². The van der Waals surface area contributed by atoms with Gasteiger partial charge in [-0.15, -0.1) is 21.5 Å². The minimum absolute atomic E-state index is 0.0271. The van der Waals surface area contributed by atoms with Gasteiger partial charge in [-0.25, -0.2) is 8.42 Å². The van der Waals surface area contributed by atoms with Gasteiger partial charge in [0.25, 0.3) is 10.0 Å². The van der Waals surface area contributed by atoms with Crippen molar-refractivity contribution < 1.29 is 17.6 Å². The normalized spacial score (nSPS) is 15.5. The summed E-state index contributed by atoms with van der Waals surface area (Å²) in [5.74, 6) is 0.885. The zero-order valence-electron chi connectivity index (χ0n) is 16.7. The largest absolute Gasteiger partial charge is 0.421 e. The molecule has 0 amide bonds. The van der Waals surface area contributed by atoms with Crippen LogP contribution in [-0.2, 0) is 16.4 Å². The predicted octanol–water partition coefficient (Wildman–Crippen LogP) is 3.07. The van der Waals surface area contributed by atoms with Crippen LogP contribution in [0.25, 0.3) is 11.5 Å². The summed E-state index contributed by atoms with van der Waals surface area (Å²) in [6.07, 6.45) is 0.629. The van der Waals surface area contributed by atoms with Gasteiger partial charge in [0.15, 0.2) is 5.78 Å². The Labute approximate surface area is 179 Å². The Morgan fingerprint density at radius 1 is 1.13 bits per heavy atom. The first-order valence-corrected chi connectivity index (χ1v) is 12.0. The summed E-state index contributed by atoms with van der Waals surface area (Å²) >= 11 is 1.16. The number of hydrogen-bond donors (Lipinski definition) is 0. The van der Waals surface area contributed by atoms with E-state index >= 15 is 0 Å². The number of aromatic nitrogens is 2. The van der Waals surface area contributed by atoms with E-state index in [0.29, 0.717) is 55.5 Å². The minimum Gasteiger partial charge on any atom is -0.421 e. The lowest BCUT2D eigenvalue weighted by atomic mass is 10.1. The maximum Gasteiger partial charge on any atom is 0.252 e. The van der Waals surface area contributed by atoms with Crippen LogP contribution in [0.15, 0.2) is 44.3 Å². The van der Waals surface area contributed by atoms with E-state index in [1.54, 1.807) is 23.6 Å². The third-order valence-electron chi connectivity index (χ3n) is 5.06. The summed E-state index contributed by atoms with van der Waals surface area (Å²) in [6, 6.07) is 9.01. The molecule has 2 aromatic heterocycles. The molecule has 30 heavy (non-hydrogen) atoms. The first-order valence-electron chi connectivity index (χ1n) is 9.66. The average molecular weight is 447 g/mol. The number of sulfonamides is 1. The molecule has 8 nitrogen and oxygen atoms in total. The van der Waals surface area contributed by atoms with E-state index in [1.807, 2.05) is 19.1 Å². The Hall–Kier alpha value is -2.56. The number of carbonyl (C=O) groups is 1. The molecule has 3 aromatic rings. The number of carbonyl (C=O) groups excluding carboxylic acids is 1. The smallest absolute Gasteiger partial charge is 0.252 e. The molecular formula is C20H22N4O4S2. The first kappa shape index (κ1) is 20.7. The van der Waals surface area contributed by atoms with E-state index < -0.39 is 10.0 Å². The predicted molar refractivity (Wildman–Crippen MR) is 114 cm³/mol. The van der Waals surface area contributed by atoms with Gasteiger partial charge in [0.2, 0.25) is 11.8 Å². The Bertz CT molecular complexity index is 1140. The number of thiophene rings is 1. The van der Waals surface area contributed by atoms with Crippen molar-refractivity contribution in [3.8, 4) is 11.5 Å². The fourth-order valence-corrected chi connectivity index (χ4v) is 6.03. The Morgan fingerprint density at radius 3 is 2.43 bits per heavy atom. The van der Waals surface area contributed by atoms with Crippen LogP contribution in [0.1, 0.15) is 30.1 Å². The number of Topliss-reactive ketones (excluding diaryl/α,β-unsaturated/α-hetero) is 1. The van der Waals surface area contributed by atoms with Crippen LogP contribution in [0, 0.1) is 0 Å². The molecule has 4 rings (SSSR count). The van der Waals surface area contributed by atoms with Crippen molar-refractivity contribution in [1.29, 1.82) is 0 Å². The summed E-state index contributed by atoms with van der Waals surface area (Å²) in [5.41, 5.74) is 2.27. The number of aryl methyl sites for hydroxylation is 1. The number of ketones is 1. The zero-order chi connectivity index (χ0) is 21.3. The fourth-order valence-electron chi connectivity index (χ4n) is 3.30. The van der Waals surface area contributed by atoms with E-state index in [1.165, 1.54) is 11.2 Å². The summed E-state index contributed by atoms with van der Waals surface area (Å²) < 4.78 is 33.4. The van der Waals surface area contributed by atoms with Gasteiger partial charge in [0.05, 0.1) is 5.56 Å². The number of nitrogens with zero attached hydrogens (tertiary/aromatic N) is 4. The van der Waals surface area contributed by atoms with Gasteiger partial charge < -0.3 is 9.32 Å². The van der Waals surface area contributed by atoms with Crippen molar-refractivity contribution in [3.63, 3.8) is 0 Å². The maximum absolute atomic E-state index is 13.1. The third-order valence-corrected chi connectivity index (χ3v) is 8.38. The molecule has 10 heteroatoms. The van der Waals surface area contributed by atoms with Crippen molar-refractivity contribution in [1.82, 2.24) is 14.5 Å². The van der Waals surface area contributed by atoms with Gasteiger partial charge in [-0.3, -0.25) is 4.79 Å². The monoisotopic (exact) mass is 446 g/mol. The van der Waals surface area contributed by atoms with E-state index in [-0.39, 0.29) is 9.99 Å². The molecule has 1 aliphatic rings. The highest BCUT2D eigenvalue weighted by molar-refractivity contribution is 7.91. The van der Waals surface area contributed by atoms with Crippen LogP contribution < -0.4 is 4.90 Å². The molecule has 0 radical (unpaired) electrons. The van der Waals surface area contributed by atoms with Gasteiger partial charge in [-0.05, 0) is 37.3 Å². The molecule has 1 fully saturated rings. The van der Waals surface area contributed by atoms with Crippen LogP contribution in [-0.4, -0.2) is 54.9 Å². The highest BCUT2D eigenvalue weighted by Crippen LogP contribution is 2.30. The minimum atomic E-state index is -3.58. The van der Waals surface area contributed by atoms with Crippen LogP contribution in [0.3, 0.4) is 0 Å². The van der Waals surface area contributed by atoms with Crippen molar-refractivity contribution in [2.75, 3.05) is 31.1 Å². The Balaban J connectivity index is 1.44. The lowest BCUT2D eigenvalue weighted by Crippen LogP contribution is -2.48. The summed E-state index contributed by atoms with van der Waals surface area (Å²) in [7, 11) is -3.58. The quantitative estimate of drug-likeness (QED) is 0.537. The third kappa shape index (κ3) is 4.03. The molecule has 1 aliphatic heterocycles. The number of rotatable bonds is 6. The van der Waals surface area contributed by atoms with E-state index in [2.05, 4.69) is 15.1 Å². The highest BCUT2D eigenvalue weighted by atomic mass is 32.2. The van der Waals surface area contributed by atoms with Gasteiger partial charge in [-0.1, -0.05) is 6.92 Å². The lowest BCUT2D eigenvalue weighted by molar-refractivity contribution is 0.101. The fraction of sp³-hybridized carbons (Fsp3) is 0.350. The molecule has 1 aromatic carbocycles. The summed E-state index contributed by atoms with van der Waals surface area (Å²) in [4.78, 5) is 13.6. The molecule has 0 bridgehead atoms. The molecule has 0 aliphatic carbocycles. The molecule has 0 saturated carbocycles. The standard InChI is InChI=1S/C20H22N4O4S2/c1-3-18-21-22-20(28-18)16-12-19(29-13-16)30(26,27)24-10-8-23(9-11-24)17-6-4-15(5-7-17)14(2)25/h4-7,12-13H,3,8-11H2,1-2H3. The highest BCUT2D eigenvalue weighted by Gasteiger charge is 2.30. The van der Waals surface area contributed by atoms with Crippen molar-refractivity contribution in [3.05, 3.63) is 47.2 Å². The van der Waals surface area contributed by atoms with Gasteiger partial charge in [-0.2, -0.15) is 4.31 Å². The zero-order valence-corrected chi connectivity index (χ0v) is 18.4. The number of benzene rings is 1. The van der Waals surface area contributed by atoms with Crippen LogP contribution >= 0.6 is 11.3 Å². The topological polar surface area (TPSA) is 96.6 Å². The number of piperazine rings is 1. The van der Waals surface area contributed by atoms with E-state index in [9.17, 15) is 13.2 Å². The SMILES string of the molecule is CCc1nnc(-c2csc(S(=O)(=O)N3CCN(c4ccc(C(C)=O)cc4)CC3)c2)o1. The second-order valence-corrected chi connectivity index (χ2v) is 10.1. The van der Waals surface area contributed by atoms with Crippen LogP contribution in [0.4, 0.5) is 5.69 Å². The maximum atomic E-state index is 13.1. The molecular weight excluding hydrogens is 424 g/mol.